The van der Waals surface area contributed by atoms with E-state index in [1.165, 1.54) is 29.6 Å². The number of thioether (sulfide) groups is 1. The van der Waals surface area contributed by atoms with Gasteiger partial charge in [-0.3, -0.25) is 23.9 Å². The first-order valence-corrected chi connectivity index (χ1v) is 18.1. The zero-order valence-electron chi connectivity index (χ0n) is 30.6. The molecular formula is C43H39N5O6S. The van der Waals surface area contributed by atoms with Crippen LogP contribution >= 0.6 is 11.8 Å². The molecule has 0 aliphatic heterocycles. The molecule has 1 heterocycles. The van der Waals surface area contributed by atoms with E-state index >= 15 is 0 Å². The van der Waals surface area contributed by atoms with Crippen LogP contribution in [-0.4, -0.2) is 41.3 Å². The lowest BCUT2D eigenvalue weighted by Crippen LogP contribution is -2.30. The molecule has 1 aromatic heterocycles. The summed E-state index contributed by atoms with van der Waals surface area (Å²) in [4.78, 5) is 55.2. The molecule has 5 aromatic carbocycles. The van der Waals surface area contributed by atoms with Gasteiger partial charge < -0.3 is 25.4 Å². The molecule has 0 radical (unpaired) electrons. The summed E-state index contributed by atoms with van der Waals surface area (Å²) in [5, 5.41) is 7.80. The Morgan fingerprint density at radius 3 is 2.04 bits per heavy atom. The van der Waals surface area contributed by atoms with Gasteiger partial charge in [0.2, 0.25) is 5.91 Å². The van der Waals surface area contributed by atoms with E-state index in [9.17, 15) is 19.2 Å². The van der Waals surface area contributed by atoms with Crippen LogP contribution < -0.4 is 31.0 Å². The third kappa shape index (κ3) is 8.89. The van der Waals surface area contributed by atoms with Crippen molar-refractivity contribution in [1.29, 1.82) is 0 Å². The first kappa shape index (κ1) is 38.0. The summed E-state index contributed by atoms with van der Waals surface area (Å²) in [6.45, 7) is 1.79. The normalized spacial score (nSPS) is 11.7. The van der Waals surface area contributed by atoms with Crippen molar-refractivity contribution >= 4 is 46.9 Å². The van der Waals surface area contributed by atoms with Crippen LogP contribution in [0.4, 0.5) is 11.4 Å². The van der Waals surface area contributed by atoms with E-state index in [1.807, 2.05) is 60.7 Å². The Hall–Kier alpha value is -6.79. The Labute approximate surface area is 322 Å². The highest BCUT2D eigenvalue weighted by Gasteiger charge is 2.26. The van der Waals surface area contributed by atoms with Gasteiger partial charge in [0.15, 0.2) is 0 Å². The number of carbonyl (C=O) groups excluding carboxylic acids is 3. The van der Waals surface area contributed by atoms with Gasteiger partial charge in [-0.1, -0.05) is 66.7 Å². The van der Waals surface area contributed by atoms with Crippen LogP contribution in [0.25, 0.3) is 11.8 Å². The topological polar surface area (TPSA) is 133 Å². The lowest BCUT2D eigenvalue weighted by atomic mass is 10.1. The molecule has 0 bridgehead atoms. The van der Waals surface area contributed by atoms with Gasteiger partial charge in [-0.25, -0.2) is 4.68 Å². The molecule has 6 rings (SSSR count). The number of nitrogens with one attached hydrogen (secondary N) is 3. The van der Waals surface area contributed by atoms with Crippen molar-refractivity contribution in [2.24, 2.45) is 7.05 Å². The molecule has 1 unspecified atom stereocenters. The van der Waals surface area contributed by atoms with E-state index in [4.69, 9.17) is 9.47 Å². The molecule has 0 aliphatic carbocycles. The molecule has 0 spiro atoms. The van der Waals surface area contributed by atoms with Crippen LogP contribution in [0.3, 0.4) is 0 Å². The van der Waals surface area contributed by atoms with Crippen molar-refractivity contribution in [2.75, 3.05) is 24.9 Å². The second kappa shape index (κ2) is 17.4. The van der Waals surface area contributed by atoms with E-state index in [2.05, 4.69) is 16.0 Å². The fraction of sp³-hybridized carbons (Fsp3) is 0.116. The number of ether oxygens (including phenoxy) is 2. The lowest BCUT2D eigenvalue weighted by molar-refractivity contribution is -0.116. The zero-order chi connectivity index (χ0) is 38.9. The second-order valence-electron chi connectivity index (χ2n) is 12.3. The molecule has 6 aromatic rings. The second-order valence-corrected chi connectivity index (χ2v) is 13.5. The average molecular weight is 754 g/mol. The maximum absolute atomic E-state index is 14.0. The fourth-order valence-corrected chi connectivity index (χ4v) is 6.81. The van der Waals surface area contributed by atoms with Crippen molar-refractivity contribution in [3.63, 3.8) is 0 Å². The number of hydrogen-bond donors (Lipinski definition) is 3. The van der Waals surface area contributed by atoms with Crippen molar-refractivity contribution in [3.05, 3.63) is 172 Å². The van der Waals surface area contributed by atoms with E-state index in [1.54, 1.807) is 98.6 Å². The number of amides is 3. The molecule has 0 fully saturated rings. The standard InChI is InChI=1S/C43H39N5O6S/c1-28-38(43(52)48(47(28)2)33-18-12-7-13-19-33)46-42(51)39(29-14-8-5-9-15-29)55-35-24-21-32(22-25-35)44-41(50)36(45-40(49)30-16-10-6-11-17-30)26-31-20-23-34(53-3)27-37(31)54-4/h5-27,39H,1-4H3,(H,44,50)(H,45,49)(H,46,51)/b36-26-. The highest BCUT2D eigenvalue weighted by atomic mass is 32.2. The van der Waals surface area contributed by atoms with Gasteiger partial charge in [0.25, 0.3) is 17.4 Å². The molecule has 3 N–H and O–H groups in total. The van der Waals surface area contributed by atoms with Crippen molar-refractivity contribution in [2.45, 2.75) is 17.1 Å². The van der Waals surface area contributed by atoms with Gasteiger partial charge in [0.05, 0.1) is 25.6 Å². The van der Waals surface area contributed by atoms with Gasteiger partial charge in [0, 0.05) is 34.8 Å². The van der Waals surface area contributed by atoms with E-state index < -0.39 is 17.1 Å². The quantitative estimate of drug-likeness (QED) is 0.0828. The molecule has 278 valence electrons. The summed E-state index contributed by atoms with van der Waals surface area (Å²) in [6, 6.07) is 39.3. The smallest absolute Gasteiger partial charge is 0.295 e. The molecule has 55 heavy (non-hydrogen) atoms. The number of anilines is 2. The summed E-state index contributed by atoms with van der Waals surface area (Å²) < 4.78 is 14.1. The zero-order valence-corrected chi connectivity index (χ0v) is 31.4. The number of aromatic nitrogens is 2. The summed E-state index contributed by atoms with van der Waals surface area (Å²) in [5.74, 6) is -0.377. The Balaban J connectivity index is 1.23. The van der Waals surface area contributed by atoms with Crippen molar-refractivity contribution in [3.8, 4) is 17.2 Å². The molecule has 11 nitrogen and oxygen atoms in total. The largest absolute Gasteiger partial charge is 0.497 e. The predicted octanol–water partition coefficient (Wildman–Crippen LogP) is 7.38. The molecule has 0 saturated heterocycles. The van der Waals surface area contributed by atoms with Crippen molar-refractivity contribution < 1.29 is 23.9 Å². The monoisotopic (exact) mass is 753 g/mol. The fourth-order valence-electron chi connectivity index (χ4n) is 5.79. The Bertz CT molecular complexity index is 2390. The summed E-state index contributed by atoms with van der Waals surface area (Å²) >= 11 is 1.30. The first-order chi connectivity index (χ1) is 26.7. The van der Waals surface area contributed by atoms with Gasteiger partial charge in [-0.15, -0.1) is 11.8 Å². The third-order valence-corrected chi connectivity index (χ3v) is 10.0. The van der Waals surface area contributed by atoms with Crippen LogP contribution in [0.1, 0.15) is 32.4 Å². The number of carbonyl (C=O) groups is 3. The highest BCUT2D eigenvalue weighted by Crippen LogP contribution is 2.37. The molecule has 0 saturated carbocycles. The Morgan fingerprint density at radius 1 is 0.764 bits per heavy atom. The number of para-hydroxylation sites is 1. The van der Waals surface area contributed by atoms with E-state index in [-0.39, 0.29) is 22.9 Å². The minimum Gasteiger partial charge on any atom is -0.497 e. The van der Waals surface area contributed by atoms with Crippen LogP contribution in [0.2, 0.25) is 0 Å². The average Bonchev–Trinajstić information content (AvgIpc) is 3.43. The summed E-state index contributed by atoms with van der Waals surface area (Å²) in [5.41, 5.74) is 3.27. The summed E-state index contributed by atoms with van der Waals surface area (Å²) in [6.07, 6.45) is 1.53. The van der Waals surface area contributed by atoms with Gasteiger partial charge in [-0.2, -0.15) is 0 Å². The highest BCUT2D eigenvalue weighted by molar-refractivity contribution is 8.00. The number of nitrogens with zero attached hydrogens (tertiary/aromatic N) is 2. The molecule has 12 heteroatoms. The maximum Gasteiger partial charge on any atom is 0.295 e. The molecule has 0 aliphatic rings. The Kier molecular flexibility index (Phi) is 12.0. The SMILES string of the molecule is COc1ccc(/C=C(\NC(=O)c2ccccc2)C(=O)Nc2ccc(SC(C(=O)Nc3c(C)n(C)n(-c4ccccc4)c3=O)c3ccccc3)cc2)c(OC)c1. The van der Waals surface area contributed by atoms with Gasteiger partial charge >= 0.3 is 0 Å². The molecular weight excluding hydrogens is 715 g/mol. The number of hydrogen-bond acceptors (Lipinski definition) is 7. The number of benzene rings is 5. The maximum atomic E-state index is 14.0. The van der Waals surface area contributed by atoms with Gasteiger partial charge in [-0.05, 0) is 79.2 Å². The van der Waals surface area contributed by atoms with Crippen molar-refractivity contribution in [1.82, 2.24) is 14.7 Å². The first-order valence-electron chi connectivity index (χ1n) is 17.2. The van der Waals surface area contributed by atoms with Crippen LogP contribution in [0.5, 0.6) is 11.5 Å². The van der Waals surface area contributed by atoms with Crippen LogP contribution in [0.15, 0.2) is 149 Å². The predicted molar refractivity (Wildman–Crippen MR) is 216 cm³/mol. The lowest BCUT2D eigenvalue weighted by Gasteiger charge is -2.17. The van der Waals surface area contributed by atoms with E-state index in [0.29, 0.717) is 39.7 Å². The van der Waals surface area contributed by atoms with Crippen LogP contribution in [-0.2, 0) is 16.6 Å². The van der Waals surface area contributed by atoms with Crippen LogP contribution in [0, 0.1) is 6.92 Å². The number of methoxy groups -OCH3 is 2. The summed E-state index contributed by atoms with van der Waals surface area (Å²) in [7, 11) is 4.82. The van der Waals surface area contributed by atoms with Gasteiger partial charge in [0.1, 0.15) is 28.1 Å². The Morgan fingerprint density at radius 2 is 1.40 bits per heavy atom. The molecule has 1 atom stereocenters. The minimum atomic E-state index is -0.715. The molecule has 3 amide bonds. The number of rotatable bonds is 13. The minimum absolute atomic E-state index is 0.0147. The third-order valence-electron chi connectivity index (χ3n) is 8.78. The van der Waals surface area contributed by atoms with E-state index in [0.717, 1.165) is 10.5 Å².